The molecule has 0 spiro atoms. The molecule has 6 nitrogen and oxygen atoms in total. The van der Waals surface area contributed by atoms with Crippen LogP contribution in [0, 0.1) is 0 Å². The molecule has 0 aromatic heterocycles. The lowest BCUT2D eigenvalue weighted by atomic mass is 10.1. The van der Waals surface area contributed by atoms with Crippen LogP contribution in [0.2, 0.25) is 0 Å². The van der Waals surface area contributed by atoms with Crippen molar-refractivity contribution in [1.29, 1.82) is 0 Å². The first-order valence-corrected chi connectivity index (χ1v) is 14.7. The van der Waals surface area contributed by atoms with Crippen LogP contribution in [-0.2, 0) is 23.8 Å². The van der Waals surface area contributed by atoms with Gasteiger partial charge in [-0.05, 0) is 51.4 Å². The SMILES string of the molecule is CCCCC/C=C\C/C=C\C/C=C\CC1OC1CCCC(=O)O[C@@H](CO)COC(=O)CCCCCCC. The molecule has 0 amide bonds. The first-order valence-electron chi connectivity index (χ1n) is 14.7. The maximum Gasteiger partial charge on any atom is 0.306 e. The van der Waals surface area contributed by atoms with Gasteiger partial charge in [0.1, 0.15) is 6.61 Å². The smallest absolute Gasteiger partial charge is 0.306 e. The van der Waals surface area contributed by atoms with Gasteiger partial charge in [-0.3, -0.25) is 9.59 Å². The summed E-state index contributed by atoms with van der Waals surface area (Å²) in [5, 5.41) is 9.43. The van der Waals surface area contributed by atoms with Gasteiger partial charge in [-0.1, -0.05) is 88.8 Å². The van der Waals surface area contributed by atoms with E-state index in [1.54, 1.807) is 0 Å². The van der Waals surface area contributed by atoms with Gasteiger partial charge in [0.15, 0.2) is 6.10 Å². The minimum absolute atomic E-state index is 0.0961. The molecule has 0 radical (unpaired) electrons. The Morgan fingerprint density at radius 3 is 2.16 bits per heavy atom. The van der Waals surface area contributed by atoms with Crippen molar-refractivity contribution < 1.29 is 28.9 Å². The Kier molecular flexibility index (Phi) is 20.8. The van der Waals surface area contributed by atoms with Crippen molar-refractivity contribution in [3.8, 4) is 0 Å². The van der Waals surface area contributed by atoms with Gasteiger partial charge in [0.2, 0.25) is 0 Å². The molecule has 3 atom stereocenters. The number of allylic oxidation sites excluding steroid dienone is 5. The van der Waals surface area contributed by atoms with E-state index in [-0.39, 0.29) is 43.8 Å². The van der Waals surface area contributed by atoms with Crippen molar-refractivity contribution in [2.45, 2.75) is 135 Å². The lowest BCUT2D eigenvalue weighted by Crippen LogP contribution is -2.28. The summed E-state index contributed by atoms with van der Waals surface area (Å²) in [6, 6.07) is 0. The first-order chi connectivity index (χ1) is 18.1. The molecule has 1 fully saturated rings. The minimum Gasteiger partial charge on any atom is -0.462 e. The predicted molar refractivity (Wildman–Crippen MR) is 149 cm³/mol. The number of esters is 2. The van der Waals surface area contributed by atoms with Gasteiger partial charge in [0.25, 0.3) is 0 Å². The maximum atomic E-state index is 12.1. The van der Waals surface area contributed by atoms with Crippen LogP contribution in [0.5, 0.6) is 0 Å². The Balaban J connectivity index is 2.02. The van der Waals surface area contributed by atoms with Crippen LogP contribution >= 0.6 is 0 Å². The lowest BCUT2D eigenvalue weighted by Gasteiger charge is -2.15. The van der Waals surface area contributed by atoms with Crippen LogP contribution in [-0.4, -0.2) is 48.6 Å². The van der Waals surface area contributed by atoms with E-state index in [0.29, 0.717) is 12.8 Å². The van der Waals surface area contributed by atoms with Crippen molar-refractivity contribution in [1.82, 2.24) is 0 Å². The summed E-state index contributed by atoms with van der Waals surface area (Å²) >= 11 is 0. The van der Waals surface area contributed by atoms with Crippen LogP contribution in [0.15, 0.2) is 36.5 Å². The topological polar surface area (TPSA) is 85.4 Å². The van der Waals surface area contributed by atoms with E-state index in [4.69, 9.17) is 14.2 Å². The molecule has 1 heterocycles. The summed E-state index contributed by atoms with van der Waals surface area (Å²) in [5.74, 6) is -0.687. The van der Waals surface area contributed by atoms with Gasteiger partial charge in [-0.15, -0.1) is 0 Å². The molecule has 1 rings (SSSR count). The van der Waals surface area contributed by atoms with Gasteiger partial charge in [-0.25, -0.2) is 0 Å². The fraction of sp³-hybridized carbons (Fsp3) is 0.742. The highest BCUT2D eigenvalue weighted by atomic mass is 16.6. The third-order valence-electron chi connectivity index (χ3n) is 6.36. The number of carbonyl (C=O) groups excluding carboxylic acids is 2. The molecule has 1 saturated heterocycles. The highest BCUT2D eigenvalue weighted by Gasteiger charge is 2.36. The van der Waals surface area contributed by atoms with E-state index in [9.17, 15) is 14.7 Å². The van der Waals surface area contributed by atoms with Gasteiger partial charge < -0.3 is 19.3 Å². The highest BCUT2D eigenvalue weighted by molar-refractivity contribution is 5.70. The summed E-state index contributed by atoms with van der Waals surface area (Å²) in [7, 11) is 0. The number of unbranched alkanes of at least 4 members (excludes halogenated alkanes) is 7. The average molecular weight is 521 g/mol. The van der Waals surface area contributed by atoms with E-state index in [0.717, 1.165) is 51.4 Å². The normalized spacial score (nSPS) is 18.1. The van der Waals surface area contributed by atoms with Crippen LogP contribution in [0.4, 0.5) is 0 Å². The molecular formula is C31H52O6. The molecular weight excluding hydrogens is 468 g/mol. The fourth-order valence-corrected chi connectivity index (χ4v) is 3.99. The molecule has 6 heteroatoms. The Hall–Kier alpha value is -1.92. The van der Waals surface area contributed by atoms with Crippen molar-refractivity contribution in [3.63, 3.8) is 0 Å². The Bertz CT molecular complexity index is 669. The van der Waals surface area contributed by atoms with Gasteiger partial charge in [-0.2, -0.15) is 0 Å². The van der Waals surface area contributed by atoms with E-state index in [1.807, 2.05) is 0 Å². The third kappa shape index (κ3) is 19.8. The van der Waals surface area contributed by atoms with E-state index in [1.165, 1.54) is 32.1 Å². The molecule has 0 aromatic rings. The van der Waals surface area contributed by atoms with Gasteiger partial charge in [0, 0.05) is 12.8 Å². The molecule has 1 aliphatic rings. The number of ether oxygens (including phenoxy) is 3. The molecule has 1 aliphatic heterocycles. The number of epoxide rings is 1. The number of carbonyl (C=O) groups is 2. The van der Waals surface area contributed by atoms with Crippen LogP contribution in [0.25, 0.3) is 0 Å². The summed E-state index contributed by atoms with van der Waals surface area (Å²) < 4.78 is 16.1. The molecule has 2 unspecified atom stereocenters. The van der Waals surface area contributed by atoms with E-state index >= 15 is 0 Å². The molecule has 0 aliphatic carbocycles. The second kappa shape index (κ2) is 23.2. The number of aliphatic hydroxyl groups is 1. The molecule has 0 saturated carbocycles. The number of hydrogen-bond donors (Lipinski definition) is 1. The van der Waals surface area contributed by atoms with Crippen LogP contribution < -0.4 is 0 Å². The Morgan fingerprint density at radius 2 is 1.43 bits per heavy atom. The van der Waals surface area contributed by atoms with Crippen molar-refractivity contribution in [2.24, 2.45) is 0 Å². The first kappa shape index (κ1) is 33.1. The highest BCUT2D eigenvalue weighted by Crippen LogP contribution is 2.30. The molecule has 1 N–H and O–H groups in total. The third-order valence-corrected chi connectivity index (χ3v) is 6.36. The Labute approximate surface area is 225 Å². The monoisotopic (exact) mass is 520 g/mol. The number of aliphatic hydroxyl groups excluding tert-OH is 1. The second-order valence-electron chi connectivity index (χ2n) is 9.86. The van der Waals surface area contributed by atoms with Crippen molar-refractivity contribution >= 4 is 11.9 Å². The summed E-state index contributed by atoms with van der Waals surface area (Å²) in [4.78, 5) is 23.9. The minimum atomic E-state index is -0.803. The number of hydrogen-bond acceptors (Lipinski definition) is 6. The van der Waals surface area contributed by atoms with E-state index < -0.39 is 6.10 Å². The average Bonchev–Trinajstić information content (AvgIpc) is 3.64. The van der Waals surface area contributed by atoms with Crippen LogP contribution in [0.1, 0.15) is 117 Å². The lowest BCUT2D eigenvalue weighted by molar-refractivity contribution is -0.161. The standard InChI is InChI=1S/C31H52O6/c1-3-5-7-9-10-11-12-13-14-15-17-18-21-28-29(37-28)22-20-24-31(34)36-27(25-32)26-35-30(33)23-19-16-8-6-4-2/h10-11,13-14,17-18,27-29,32H,3-9,12,15-16,19-26H2,1-2H3/b11-10-,14-13-,18-17-/t27-,28?,29?/m0/s1. The van der Waals surface area contributed by atoms with E-state index in [2.05, 4.69) is 50.3 Å². The van der Waals surface area contributed by atoms with Crippen molar-refractivity contribution in [2.75, 3.05) is 13.2 Å². The predicted octanol–water partition coefficient (Wildman–Crippen LogP) is 7.15. The second-order valence-corrected chi connectivity index (χ2v) is 9.86. The van der Waals surface area contributed by atoms with Gasteiger partial charge >= 0.3 is 11.9 Å². The molecule has 37 heavy (non-hydrogen) atoms. The zero-order chi connectivity index (χ0) is 27.0. The summed E-state index contributed by atoms with van der Waals surface area (Å²) in [6.45, 7) is 3.92. The fourth-order valence-electron chi connectivity index (χ4n) is 3.99. The zero-order valence-corrected chi connectivity index (χ0v) is 23.4. The summed E-state index contributed by atoms with van der Waals surface area (Å²) in [6.07, 6.45) is 28.2. The Morgan fingerprint density at radius 1 is 0.784 bits per heavy atom. The maximum absolute atomic E-state index is 12.1. The number of rotatable bonds is 24. The molecule has 0 bridgehead atoms. The molecule has 212 valence electrons. The van der Waals surface area contributed by atoms with Crippen LogP contribution in [0.3, 0.4) is 0 Å². The van der Waals surface area contributed by atoms with Gasteiger partial charge in [0.05, 0.1) is 18.8 Å². The quantitative estimate of drug-likeness (QED) is 0.0629. The summed E-state index contributed by atoms with van der Waals surface area (Å²) in [5.41, 5.74) is 0. The zero-order valence-electron chi connectivity index (χ0n) is 23.4. The van der Waals surface area contributed by atoms with Crippen molar-refractivity contribution in [3.05, 3.63) is 36.5 Å². The largest absolute Gasteiger partial charge is 0.462 e. The molecule has 0 aromatic carbocycles.